The van der Waals surface area contributed by atoms with Crippen LogP contribution in [-0.2, 0) is 11.3 Å². The SMILES string of the molecule is CC1(NCc2cc3c(cc2O)OCO3)CCCOC1. The molecule has 2 aliphatic heterocycles. The number of fused-ring (bicyclic) bond motifs is 1. The van der Waals surface area contributed by atoms with E-state index in [1.54, 1.807) is 6.07 Å². The zero-order valence-electron chi connectivity index (χ0n) is 11.1. The molecule has 1 saturated heterocycles. The first-order chi connectivity index (χ1) is 9.16. The molecule has 5 heteroatoms. The predicted molar refractivity (Wildman–Crippen MR) is 69.5 cm³/mol. The molecule has 0 aliphatic carbocycles. The lowest BCUT2D eigenvalue weighted by molar-refractivity contribution is 0.0277. The lowest BCUT2D eigenvalue weighted by atomic mass is 9.94. The Morgan fingerprint density at radius 3 is 2.84 bits per heavy atom. The second-order valence-electron chi connectivity index (χ2n) is 5.40. The maximum absolute atomic E-state index is 9.98. The number of aromatic hydroxyl groups is 1. The summed E-state index contributed by atoms with van der Waals surface area (Å²) in [6.07, 6.45) is 2.15. The smallest absolute Gasteiger partial charge is 0.231 e. The Labute approximate surface area is 112 Å². The number of rotatable bonds is 3. The molecule has 19 heavy (non-hydrogen) atoms. The van der Waals surface area contributed by atoms with Gasteiger partial charge in [0.2, 0.25) is 6.79 Å². The summed E-state index contributed by atoms with van der Waals surface area (Å²) in [6.45, 7) is 4.50. The number of phenolic OH excluding ortho intramolecular Hbond substituents is 1. The standard InChI is InChI=1S/C14H19NO4/c1-14(3-2-4-17-8-14)15-7-10-5-12-13(6-11(10)16)19-9-18-12/h5-6,15-16H,2-4,7-9H2,1H3. The van der Waals surface area contributed by atoms with Gasteiger partial charge in [-0.05, 0) is 25.8 Å². The van der Waals surface area contributed by atoms with Gasteiger partial charge in [-0.1, -0.05) is 0 Å². The Bertz CT molecular complexity index is 469. The number of nitrogens with one attached hydrogen (secondary N) is 1. The Morgan fingerprint density at radius 2 is 2.11 bits per heavy atom. The van der Waals surface area contributed by atoms with Crippen molar-refractivity contribution in [1.29, 1.82) is 0 Å². The van der Waals surface area contributed by atoms with Crippen molar-refractivity contribution >= 4 is 0 Å². The van der Waals surface area contributed by atoms with Gasteiger partial charge in [0.05, 0.1) is 6.61 Å². The molecule has 0 spiro atoms. The first-order valence-electron chi connectivity index (χ1n) is 6.61. The van der Waals surface area contributed by atoms with Gasteiger partial charge in [-0.15, -0.1) is 0 Å². The third kappa shape index (κ3) is 2.62. The highest BCUT2D eigenvalue weighted by Crippen LogP contribution is 2.37. The molecule has 1 aromatic carbocycles. The van der Waals surface area contributed by atoms with E-state index in [0.29, 0.717) is 24.7 Å². The van der Waals surface area contributed by atoms with Gasteiger partial charge in [0, 0.05) is 30.3 Å². The first kappa shape index (κ1) is 12.6. The van der Waals surface area contributed by atoms with E-state index in [4.69, 9.17) is 14.2 Å². The number of phenols is 1. The molecular weight excluding hydrogens is 246 g/mol. The molecular formula is C14H19NO4. The lowest BCUT2D eigenvalue weighted by Gasteiger charge is -2.34. The minimum absolute atomic E-state index is 0.0267. The molecule has 0 aromatic heterocycles. The molecule has 2 aliphatic rings. The molecule has 3 rings (SSSR count). The summed E-state index contributed by atoms with van der Waals surface area (Å²) in [5.41, 5.74) is 0.789. The third-order valence-electron chi connectivity index (χ3n) is 3.72. The number of hydrogen-bond donors (Lipinski definition) is 2. The summed E-state index contributed by atoms with van der Waals surface area (Å²) < 4.78 is 16.1. The molecule has 2 N–H and O–H groups in total. The summed E-state index contributed by atoms with van der Waals surface area (Å²) in [7, 11) is 0. The number of ether oxygens (including phenoxy) is 3. The fraction of sp³-hybridized carbons (Fsp3) is 0.571. The van der Waals surface area contributed by atoms with E-state index in [0.717, 1.165) is 25.0 Å². The average molecular weight is 265 g/mol. The molecule has 0 radical (unpaired) electrons. The molecule has 0 amide bonds. The van der Waals surface area contributed by atoms with Crippen LogP contribution in [0.15, 0.2) is 12.1 Å². The normalized spacial score (nSPS) is 25.5. The fourth-order valence-corrected chi connectivity index (χ4v) is 2.50. The van der Waals surface area contributed by atoms with Crippen molar-refractivity contribution < 1.29 is 19.3 Å². The van der Waals surface area contributed by atoms with E-state index in [2.05, 4.69) is 12.2 Å². The molecule has 0 bridgehead atoms. The van der Waals surface area contributed by atoms with E-state index >= 15 is 0 Å². The predicted octanol–water partition coefficient (Wildman–Crippen LogP) is 1.78. The highest BCUT2D eigenvalue weighted by atomic mass is 16.7. The van der Waals surface area contributed by atoms with Crippen LogP contribution in [-0.4, -0.2) is 30.7 Å². The van der Waals surface area contributed by atoms with Crippen molar-refractivity contribution in [3.63, 3.8) is 0 Å². The second-order valence-corrected chi connectivity index (χ2v) is 5.40. The highest BCUT2D eigenvalue weighted by molar-refractivity contribution is 5.51. The Balaban J connectivity index is 1.69. The topological polar surface area (TPSA) is 60.0 Å². The van der Waals surface area contributed by atoms with Crippen molar-refractivity contribution in [2.24, 2.45) is 0 Å². The Morgan fingerprint density at radius 1 is 1.32 bits per heavy atom. The van der Waals surface area contributed by atoms with Crippen LogP contribution in [0.25, 0.3) is 0 Å². The van der Waals surface area contributed by atoms with Crippen LogP contribution in [0.4, 0.5) is 0 Å². The minimum atomic E-state index is -0.0267. The van der Waals surface area contributed by atoms with Crippen molar-refractivity contribution in [2.75, 3.05) is 20.0 Å². The molecule has 5 nitrogen and oxygen atoms in total. The van der Waals surface area contributed by atoms with Crippen molar-refractivity contribution in [2.45, 2.75) is 31.8 Å². The van der Waals surface area contributed by atoms with Crippen molar-refractivity contribution in [1.82, 2.24) is 5.32 Å². The van der Waals surface area contributed by atoms with E-state index in [1.807, 2.05) is 6.07 Å². The molecule has 2 heterocycles. The van der Waals surface area contributed by atoms with Gasteiger partial charge >= 0.3 is 0 Å². The molecule has 104 valence electrons. The van der Waals surface area contributed by atoms with Crippen LogP contribution >= 0.6 is 0 Å². The van der Waals surface area contributed by atoms with Gasteiger partial charge in [-0.25, -0.2) is 0 Å². The lowest BCUT2D eigenvalue weighted by Crippen LogP contribution is -2.48. The van der Waals surface area contributed by atoms with E-state index in [1.165, 1.54) is 0 Å². The summed E-state index contributed by atoms with van der Waals surface area (Å²) in [4.78, 5) is 0. The fourth-order valence-electron chi connectivity index (χ4n) is 2.50. The quantitative estimate of drug-likeness (QED) is 0.872. The summed E-state index contributed by atoms with van der Waals surface area (Å²) >= 11 is 0. The van der Waals surface area contributed by atoms with Crippen LogP contribution in [0.5, 0.6) is 17.2 Å². The van der Waals surface area contributed by atoms with Crippen LogP contribution < -0.4 is 14.8 Å². The summed E-state index contributed by atoms with van der Waals surface area (Å²) in [6, 6.07) is 3.44. The van der Waals surface area contributed by atoms with E-state index in [-0.39, 0.29) is 18.1 Å². The van der Waals surface area contributed by atoms with Crippen LogP contribution in [0.2, 0.25) is 0 Å². The van der Waals surface area contributed by atoms with Crippen LogP contribution in [0, 0.1) is 0 Å². The maximum atomic E-state index is 9.98. The van der Waals surface area contributed by atoms with Gasteiger partial charge in [0.25, 0.3) is 0 Å². The van der Waals surface area contributed by atoms with Crippen LogP contribution in [0.1, 0.15) is 25.3 Å². The Kier molecular flexibility index (Phi) is 3.24. The first-order valence-corrected chi connectivity index (χ1v) is 6.61. The third-order valence-corrected chi connectivity index (χ3v) is 3.72. The van der Waals surface area contributed by atoms with Crippen molar-refractivity contribution in [3.8, 4) is 17.2 Å². The van der Waals surface area contributed by atoms with Gasteiger partial charge in [-0.3, -0.25) is 0 Å². The van der Waals surface area contributed by atoms with Crippen LogP contribution in [0.3, 0.4) is 0 Å². The molecule has 0 saturated carbocycles. The second kappa shape index (κ2) is 4.90. The Hall–Kier alpha value is -1.46. The van der Waals surface area contributed by atoms with E-state index in [9.17, 15) is 5.11 Å². The van der Waals surface area contributed by atoms with Gasteiger partial charge in [0.1, 0.15) is 5.75 Å². The largest absolute Gasteiger partial charge is 0.507 e. The number of benzene rings is 1. The zero-order valence-corrected chi connectivity index (χ0v) is 11.1. The molecule has 1 unspecified atom stereocenters. The summed E-state index contributed by atoms with van der Waals surface area (Å²) in [5.74, 6) is 1.53. The highest BCUT2D eigenvalue weighted by Gasteiger charge is 2.27. The average Bonchev–Trinajstić information content (AvgIpc) is 2.84. The maximum Gasteiger partial charge on any atom is 0.231 e. The molecule has 1 aromatic rings. The van der Waals surface area contributed by atoms with E-state index < -0.39 is 0 Å². The molecule has 1 fully saturated rings. The van der Waals surface area contributed by atoms with Gasteiger partial charge in [-0.2, -0.15) is 0 Å². The van der Waals surface area contributed by atoms with Crippen molar-refractivity contribution in [3.05, 3.63) is 17.7 Å². The van der Waals surface area contributed by atoms with Gasteiger partial charge in [0.15, 0.2) is 11.5 Å². The monoisotopic (exact) mass is 265 g/mol. The summed E-state index contributed by atoms with van der Waals surface area (Å²) in [5, 5.41) is 13.4. The van der Waals surface area contributed by atoms with Gasteiger partial charge < -0.3 is 24.6 Å². The minimum Gasteiger partial charge on any atom is -0.507 e. The number of hydrogen-bond acceptors (Lipinski definition) is 5. The molecule has 1 atom stereocenters. The zero-order chi connectivity index (χ0) is 13.3.